The number of hydrogen-bond donors (Lipinski definition) is 2. The fourth-order valence-electron chi connectivity index (χ4n) is 2.31. The minimum absolute atomic E-state index is 0.0870. The molecule has 0 amide bonds. The first-order valence-corrected chi connectivity index (χ1v) is 9.65. The standard InChI is InChI=1S/C16H26ClNO3S/c1-3-4-5-6-7-13(2)16(12-19)18-22(20,21)15-10-8-14(17)9-11-15/h8-11,13,16,18-19H,3-7,12H2,1-2H3. The molecule has 6 heteroatoms. The molecule has 4 nitrogen and oxygen atoms in total. The van der Waals surface area contributed by atoms with Crippen molar-refractivity contribution in [3.05, 3.63) is 29.3 Å². The summed E-state index contributed by atoms with van der Waals surface area (Å²) in [6, 6.07) is 5.54. The van der Waals surface area contributed by atoms with Crippen molar-refractivity contribution in [3.8, 4) is 0 Å². The van der Waals surface area contributed by atoms with E-state index < -0.39 is 16.1 Å². The lowest BCUT2D eigenvalue weighted by atomic mass is 9.96. The molecule has 2 atom stereocenters. The zero-order valence-corrected chi connectivity index (χ0v) is 14.8. The first-order chi connectivity index (χ1) is 10.4. The van der Waals surface area contributed by atoms with Crippen LogP contribution < -0.4 is 4.72 Å². The summed E-state index contributed by atoms with van der Waals surface area (Å²) in [5.41, 5.74) is 0. The average molecular weight is 348 g/mol. The van der Waals surface area contributed by atoms with Gasteiger partial charge >= 0.3 is 0 Å². The lowest BCUT2D eigenvalue weighted by Gasteiger charge is -2.23. The molecule has 0 aliphatic heterocycles. The van der Waals surface area contributed by atoms with E-state index in [-0.39, 0.29) is 17.4 Å². The maximum Gasteiger partial charge on any atom is 0.240 e. The van der Waals surface area contributed by atoms with Crippen molar-refractivity contribution in [1.82, 2.24) is 4.72 Å². The van der Waals surface area contributed by atoms with Gasteiger partial charge in [0.05, 0.1) is 11.5 Å². The topological polar surface area (TPSA) is 66.4 Å². The van der Waals surface area contributed by atoms with E-state index in [2.05, 4.69) is 11.6 Å². The van der Waals surface area contributed by atoms with Gasteiger partial charge in [0.15, 0.2) is 0 Å². The van der Waals surface area contributed by atoms with Crippen LogP contribution in [0.4, 0.5) is 0 Å². The van der Waals surface area contributed by atoms with Crippen molar-refractivity contribution >= 4 is 21.6 Å². The monoisotopic (exact) mass is 347 g/mol. The summed E-state index contributed by atoms with van der Waals surface area (Å²) >= 11 is 5.77. The van der Waals surface area contributed by atoms with Crippen LogP contribution in [0, 0.1) is 5.92 Å². The lowest BCUT2D eigenvalue weighted by molar-refractivity contribution is 0.214. The van der Waals surface area contributed by atoms with Crippen LogP contribution in [-0.2, 0) is 10.0 Å². The van der Waals surface area contributed by atoms with Crippen LogP contribution in [0.2, 0.25) is 5.02 Å². The van der Waals surface area contributed by atoms with Crippen LogP contribution in [0.15, 0.2) is 29.2 Å². The molecule has 0 radical (unpaired) electrons. The second kappa shape index (κ2) is 9.50. The molecule has 22 heavy (non-hydrogen) atoms. The molecule has 0 saturated heterocycles. The predicted octanol–water partition coefficient (Wildman–Crippen LogP) is 3.59. The number of aliphatic hydroxyl groups excluding tert-OH is 1. The molecule has 0 spiro atoms. The first-order valence-electron chi connectivity index (χ1n) is 7.79. The van der Waals surface area contributed by atoms with Crippen molar-refractivity contribution in [2.24, 2.45) is 5.92 Å². The van der Waals surface area contributed by atoms with Gasteiger partial charge in [0.2, 0.25) is 10.0 Å². The molecule has 0 fully saturated rings. The third-order valence-electron chi connectivity index (χ3n) is 3.83. The van der Waals surface area contributed by atoms with Crippen LogP contribution >= 0.6 is 11.6 Å². The second-order valence-corrected chi connectivity index (χ2v) is 7.84. The van der Waals surface area contributed by atoms with E-state index in [1.807, 2.05) is 6.92 Å². The Morgan fingerprint density at radius 1 is 1.18 bits per heavy atom. The Kier molecular flexibility index (Phi) is 8.39. The molecule has 0 bridgehead atoms. The Bertz CT molecular complexity index is 531. The summed E-state index contributed by atoms with van der Waals surface area (Å²) in [6.07, 6.45) is 5.44. The predicted molar refractivity (Wildman–Crippen MR) is 90.6 cm³/mol. The quantitative estimate of drug-likeness (QED) is 0.636. The molecule has 126 valence electrons. The Balaban J connectivity index is 2.65. The molecule has 2 unspecified atom stereocenters. The Hall–Kier alpha value is -0.620. The molecular weight excluding hydrogens is 322 g/mol. The van der Waals surface area contributed by atoms with E-state index in [9.17, 15) is 13.5 Å². The summed E-state index contributed by atoms with van der Waals surface area (Å²) in [6.45, 7) is 3.92. The number of unbranched alkanes of at least 4 members (excludes halogenated alkanes) is 3. The number of nitrogens with one attached hydrogen (secondary N) is 1. The van der Waals surface area contributed by atoms with Gasteiger partial charge in [-0.2, -0.15) is 0 Å². The maximum absolute atomic E-state index is 12.3. The summed E-state index contributed by atoms with van der Waals surface area (Å²) in [5, 5.41) is 9.99. The summed E-state index contributed by atoms with van der Waals surface area (Å²) in [5.74, 6) is 0.0870. The summed E-state index contributed by atoms with van der Waals surface area (Å²) < 4.78 is 27.3. The summed E-state index contributed by atoms with van der Waals surface area (Å²) in [4.78, 5) is 0.161. The molecule has 0 aliphatic carbocycles. The van der Waals surface area contributed by atoms with E-state index in [1.165, 1.54) is 37.1 Å². The smallest absolute Gasteiger partial charge is 0.240 e. The third-order valence-corrected chi connectivity index (χ3v) is 5.58. The molecule has 0 saturated carbocycles. The van der Waals surface area contributed by atoms with Gasteiger partial charge in [0.1, 0.15) is 0 Å². The van der Waals surface area contributed by atoms with E-state index in [0.717, 1.165) is 19.3 Å². The van der Waals surface area contributed by atoms with Crippen LogP contribution in [0.5, 0.6) is 0 Å². The van der Waals surface area contributed by atoms with Crippen LogP contribution in [0.3, 0.4) is 0 Å². The number of rotatable bonds is 10. The highest BCUT2D eigenvalue weighted by Gasteiger charge is 2.23. The van der Waals surface area contributed by atoms with Gasteiger partial charge in [0, 0.05) is 11.1 Å². The Morgan fingerprint density at radius 2 is 1.82 bits per heavy atom. The van der Waals surface area contributed by atoms with E-state index in [0.29, 0.717) is 5.02 Å². The highest BCUT2D eigenvalue weighted by molar-refractivity contribution is 7.89. The first kappa shape index (κ1) is 19.4. The van der Waals surface area contributed by atoms with E-state index >= 15 is 0 Å². The fraction of sp³-hybridized carbons (Fsp3) is 0.625. The fourth-order valence-corrected chi connectivity index (χ4v) is 3.77. The second-order valence-electron chi connectivity index (χ2n) is 5.69. The highest BCUT2D eigenvalue weighted by atomic mass is 35.5. The third kappa shape index (κ3) is 6.24. The van der Waals surface area contributed by atoms with Gasteiger partial charge in [-0.15, -0.1) is 0 Å². The normalized spacial score (nSPS) is 14.7. The minimum atomic E-state index is -3.64. The molecule has 1 aromatic rings. The van der Waals surface area contributed by atoms with Crippen molar-refractivity contribution < 1.29 is 13.5 Å². The zero-order chi connectivity index (χ0) is 16.6. The van der Waals surface area contributed by atoms with Gasteiger partial charge < -0.3 is 5.11 Å². The molecule has 2 N–H and O–H groups in total. The molecule has 0 aromatic heterocycles. The van der Waals surface area contributed by atoms with Gasteiger partial charge in [-0.1, -0.05) is 51.1 Å². The molecular formula is C16H26ClNO3S. The maximum atomic E-state index is 12.3. The van der Waals surface area contributed by atoms with Crippen LogP contribution in [0.1, 0.15) is 46.0 Å². The highest BCUT2D eigenvalue weighted by Crippen LogP contribution is 2.18. The SMILES string of the molecule is CCCCCCC(C)C(CO)NS(=O)(=O)c1ccc(Cl)cc1. The summed E-state index contributed by atoms with van der Waals surface area (Å²) in [7, 11) is -3.64. The van der Waals surface area contributed by atoms with Gasteiger partial charge in [-0.25, -0.2) is 13.1 Å². The number of aliphatic hydroxyl groups is 1. The van der Waals surface area contributed by atoms with Gasteiger partial charge in [0.25, 0.3) is 0 Å². The number of hydrogen-bond acceptors (Lipinski definition) is 3. The lowest BCUT2D eigenvalue weighted by Crippen LogP contribution is -2.41. The van der Waals surface area contributed by atoms with Crippen LogP contribution in [0.25, 0.3) is 0 Å². The Morgan fingerprint density at radius 3 is 2.36 bits per heavy atom. The molecule has 1 rings (SSSR count). The van der Waals surface area contributed by atoms with Gasteiger partial charge in [-0.05, 0) is 36.6 Å². The molecule has 0 heterocycles. The van der Waals surface area contributed by atoms with Crippen molar-refractivity contribution in [1.29, 1.82) is 0 Å². The number of halogens is 1. The molecule has 1 aromatic carbocycles. The van der Waals surface area contributed by atoms with Gasteiger partial charge in [-0.3, -0.25) is 0 Å². The average Bonchev–Trinajstić information content (AvgIpc) is 2.49. The molecule has 0 aliphatic rings. The number of sulfonamides is 1. The number of benzene rings is 1. The van der Waals surface area contributed by atoms with E-state index in [4.69, 9.17) is 11.6 Å². The Labute approximate surface area is 138 Å². The van der Waals surface area contributed by atoms with E-state index in [1.54, 1.807) is 0 Å². The van der Waals surface area contributed by atoms with Crippen LogP contribution in [-0.4, -0.2) is 26.2 Å². The van der Waals surface area contributed by atoms with Crippen molar-refractivity contribution in [2.45, 2.75) is 56.9 Å². The van der Waals surface area contributed by atoms with Crippen molar-refractivity contribution in [3.63, 3.8) is 0 Å². The minimum Gasteiger partial charge on any atom is -0.395 e. The van der Waals surface area contributed by atoms with Crippen molar-refractivity contribution in [2.75, 3.05) is 6.61 Å². The largest absolute Gasteiger partial charge is 0.395 e. The zero-order valence-electron chi connectivity index (χ0n) is 13.3.